The lowest BCUT2D eigenvalue weighted by atomic mass is 9.82. The SMILES string of the molecule is C=C1C(=O)O[C@@H]2[C@H]3O[C@]3(C)CCC=C3COC(=O)O[C@H]3C[C@@H]12. The number of carbonyl (C=O) groups is 2. The molecule has 3 aliphatic heterocycles. The summed E-state index contributed by atoms with van der Waals surface area (Å²) < 4.78 is 21.6. The molecule has 4 rings (SSSR count). The van der Waals surface area contributed by atoms with Crippen molar-refractivity contribution in [1.82, 2.24) is 0 Å². The van der Waals surface area contributed by atoms with Crippen molar-refractivity contribution in [3.05, 3.63) is 23.8 Å². The summed E-state index contributed by atoms with van der Waals surface area (Å²) in [6, 6.07) is 0. The Balaban J connectivity index is 1.67. The molecule has 4 aliphatic rings. The maximum absolute atomic E-state index is 11.9. The molecule has 0 saturated carbocycles. The maximum Gasteiger partial charge on any atom is 0.509 e. The van der Waals surface area contributed by atoms with Gasteiger partial charge >= 0.3 is 12.1 Å². The summed E-state index contributed by atoms with van der Waals surface area (Å²) in [7, 11) is 0. The Morgan fingerprint density at radius 2 is 2.14 bits per heavy atom. The van der Waals surface area contributed by atoms with Gasteiger partial charge in [0, 0.05) is 17.1 Å². The summed E-state index contributed by atoms with van der Waals surface area (Å²) in [6.07, 6.45) is 2.67. The molecule has 0 aromatic carbocycles. The van der Waals surface area contributed by atoms with Crippen LogP contribution in [0.1, 0.15) is 26.2 Å². The molecule has 3 saturated heterocycles. The van der Waals surface area contributed by atoms with Crippen LogP contribution in [0.5, 0.6) is 0 Å². The highest BCUT2D eigenvalue weighted by atomic mass is 16.7. The molecule has 3 heterocycles. The second-order valence-corrected chi connectivity index (χ2v) is 6.55. The first kappa shape index (κ1) is 13.8. The van der Waals surface area contributed by atoms with Crippen LogP contribution in [-0.2, 0) is 23.7 Å². The maximum atomic E-state index is 11.9. The topological polar surface area (TPSA) is 74.4 Å². The van der Waals surface area contributed by atoms with Crippen molar-refractivity contribution < 1.29 is 28.5 Å². The van der Waals surface area contributed by atoms with Gasteiger partial charge in [-0.3, -0.25) is 0 Å². The van der Waals surface area contributed by atoms with E-state index in [0.29, 0.717) is 12.0 Å². The summed E-state index contributed by atoms with van der Waals surface area (Å²) in [5.74, 6) is -0.576. The normalized spacial score (nSPS) is 43.7. The van der Waals surface area contributed by atoms with E-state index >= 15 is 0 Å². The second kappa shape index (κ2) is 4.59. The molecule has 6 heteroatoms. The number of allylic oxidation sites excluding steroid dienone is 1. The Hall–Kier alpha value is -1.82. The first-order valence-electron chi connectivity index (χ1n) is 7.58. The number of hydrogen-bond donors (Lipinski definition) is 0. The standard InChI is InChI=1S/C16H18O6/c1-8-10-6-11-9(7-19-15(18)20-11)4-3-5-16(2)13(22-16)12(10)21-14(8)17/h4,10-13H,1,3,5-7H2,2H3/t10-,11-,12-,13+,16+/m0/s1. The summed E-state index contributed by atoms with van der Waals surface area (Å²) >= 11 is 0. The first-order chi connectivity index (χ1) is 10.5. The van der Waals surface area contributed by atoms with Gasteiger partial charge < -0.3 is 18.9 Å². The number of rotatable bonds is 0. The zero-order valence-electron chi connectivity index (χ0n) is 12.4. The number of ether oxygens (including phenoxy) is 4. The first-order valence-corrected chi connectivity index (χ1v) is 7.58. The highest BCUT2D eigenvalue weighted by Gasteiger charge is 2.62. The van der Waals surface area contributed by atoms with Crippen molar-refractivity contribution in [3.63, 3.8) is 0 Å². The molecule has 3 fully saturated rings. The molecule has 1 aliphatic carbocycles. The molecule has 0 bridgehead atoms. The number of carbonyl (C=O) groups excluding carboxylic acids is 2. The fraction of sp³-hybridized carbons (Fsp3) is 0.625. The van der Waals surface area contributed by atoms with Crippen LogP contribution in [-0.4, -0.2) is 42.6 Å². The molecule has 22 heavy (non-hydrogen) atoms. The van der Waals surface area contributed by atoms with Crippen LogP contribution in [0, 0.1) is 5.92 Å². The average molecular weight is 306 g/mol. The minimum atomic E-state index is -0.667. The number of esters is 1. The number of fused-ring (bicyclic) bond motifs is 4. The molecule has 6 nitrogen and oxygen atoms in total. The summed E-state index contributed by atoms with van der Waals surface area (Å²) in [6.45, 7) is 6.14. The van der Waals surface area contributed by atoms with Gasteiger partial charge in [-0.2, -0.15) is 0 Å². The monoisotopic (exact) mass is 306 g/mol. The van der Waals surface area contributed by atoms with Crippen molar-refractivity contribution >= 4 is 12.1 Å². The Morgan fingerprint density at radius 1 is 1.32 bits per heavy atom. The summed E-state index contributed by atoms with van der Waals surface area (Å²) in [5.41, 5.74) is 1.11. The fourth-order valence-electron chi connectivity index (χ4n) is 3.68. The lowest BCUT2D eigenvalue weighted by molar-refractivity contribution is -0.140. The van der Waals surface area contributed by atoms with Crippen LogP contribution in [0.4, 0.5) is 4.79 Å². The predicted molar refractivity (Wildman–Crippen MR) is 73.9 cm³/mol. The van der Waals surface area contributed by atoms with Crippen molar-refractivity contribution in [2.24, 2.45) is 5.92 Å². The summed E-state index contributed by atoms with van der Waals surface area (Å²) in [4.78, 5) is 23.3. The second-order valence-electron chi connectivity index (χ2n) is 6.55. The van der Waals surface area contributed by atoms with Gasteiger partial charge in [0.2, 0.25) is 0 Å². The van der Waals surface area contributed by atoms with Crippen molar-refractivity contribution in [1.29, 1.82) is 0 Å². The highest BCUT2D eigenvalue weighted by molar-refractivity contribution is 5.91. The van der Waals surface area contributed by atoms with Gasteiger partial charge in [-0.25, -0.2) is 9.59 Å². The van der Waals surface area contributed by atoms with Crippen LogP contribution in [0.25, 0.3) is 0 Å². The minimum Gasteiger partial charge on any atom is -0.455 e. The van der Waals surface area contributed by atoms with E-state index in [2.05, 4.69) is 12.7 Å². The average Bonchev–Trinajstić information content (AvgIpc) is 3.07. The van der Waals surface area contributed by atoms with Gasteiger partial charge in [0.1, 0.15) is 24.9 Å². The molecule has 0 radical (unpaired) electrons. The molecular formula is C16H18O6. The van der Waals surface area contributed by atoms with Gasteiger partial charge in [0.15, 0.2) is 0 Å². The minimum absolute atomic E-state index is 0.105. The lowest BCUT2D eigenvalue weighted by Crippen LogP contribution is -2.36. The third-order valence-electron chi connectivity index (χ3n) is 5.11. The van der Waals surface area contributed by atoms with Crippen LogP contribution in [0.2, 0.25) is 0 Å². The Labute approximate surface area is 128 Å². The van der Waals surface area contributed by atoms with E-state index in [1.54, 1.807) is 0 Å². The van der Waals surface area contributed by atoms with E-state index in [0.717, 1.165) is 18.4 Å². The van der Waals surface area contributed by atoms with Crippen LogP contribution >= 0.6 is 0 Å². The molecule has 0 amide bonds. The Kier molecular flexibility index (Phi) is 2.88. The molecular weight excluding hydrogens is 288 g/mol. The lowest BCUT2D eigenvalue weighted by Gasteiger charge is -2.29. The van der Waals surface area contributed by atoms with Crippen molar-refractivity contribution in [2.75, 3.05) is 6.61 Å². The van der Waals surface area contributed by atoms with E-state index < -0.39 is 6.16 Å². The third kappa shape index (κ3) is 2.05. The van der Waals surface area contributed by atoms with Gasteiger partial charge in [-0.1, -0.05) is 12.7 Å². The van der Waals surface area contributed by atoms with Crippen LogP contribution in [0.3, 0.4) is 0 Å². The third-order valence-corrected chi connectivity index (χ3v) is 5.11. The van der Waals surface area contributed by atoms with Crippen LogP contribution in [0.15, 0.2) is 23.8 Å². The largest absolute Gasteiger partial charge is 0.509 e. The van der Waals surface area contributed by atoms with E-state index in [4.69, 9.17) is 18.9 Å². The quantitative estimate of drug-likeness (QED) is 0.294. The molecule has 0 aromatic heterocycles. The molecule has 118 valence electrons. The molecule has 0 unspecified atom stereocenters. The number of hydrogen-bond acceptors (Lipinski definition) is 6. The molecule has 0 N–H and O–H groups in total. The van der Waals surface area contributed by atoms with Gasteiger partial charge in [0.25, 0.3) is 0 Å². The molecule has 0 aromatic rings. The Bertz CT molecular complexity index is 593. The number of cyclic esters (lactones) is 1. The molecule has 5 atom stereocenters. The zero-order valence-corrected chi connectivity index (χ0v) is 12.4. The molecule has 0 spiro atoms. The van der Waals surface area contributed by atoms with E-state index in [1.165, 1.54) is 0 Å². The van der Waals surface area contributed by atoms with Crippen molar-refractivity contribution in [3.8, 4) is 0 Å². The van der Waals surface area contributed by atoms with E-state index in [1.807, 2.05) is 6.92 Å². The zero-order chi connectivity index (χ0) is 15.5. The van der Waals surface area contributed by atoms with Crippen molar-refractivity contribution in [2.45, 2.75) is 50.1 Å². The highest BCUT2D eigenvalue weighted by Crippen LogP contribution is 2.50. The van der Waals surface area contributed by atoms with Gasteiger partial charge in [-0.15, -0.1) is 0 Å². The Morgan fingerprint density at radius 3 is 2.95 bits per heavy atom. The summed E-state index contributed by atoms with van der Waals surface area (Å²) in [5, 5.41) is 0. The fourth-order valence-corrected chi connectivity index (χ4v) is 3.68. The van der Waals surface area contributed by atoms with Gasteiger partial charge in [-0.05, 0) is 26.2 Å². The number of epoxide rings is 1. The van der Waals surface area contributed by atoms with Crippen LogP contribution < -0.4 is 0 Å². The predicted octanol–water partition coefficient (Wildman–Crippen LogP) is 1.89. The smallest absolute Gasteiger partial charge is 0.455 e. The van der Waals surface area contributed by atoms with E-state index in [-0.39, 0.29) is 42.4 Å². The van der Waals surface area contributed by atoms with E-state index in [9.17, 15) is 9.59 Å². The van der Waals surface area contributed by atoms with Gasteiger partial charge in [0.05, 0.1) is 5.60 Å².